The lowest BCUT2D eigenvalue weighted by Crippen LogP contribution is -2.06. The second kappa shape index (κ2) is 7.96. The minimum absolute atomic E-state index is 0. The number of hydrogen-bond acceptors (Lipinski definition) is 1. The van der Waals surface area contributed by atoms with Crippen molar-refractivity contribution < 1.29 is 0 Å². The van der Waals surface area contributed by atoms with Gasteiger partial charge in [0.2, 0.25) is 0 Å². The van der Waals surface area contributed by atoms with Crippen LogP contribution in [0.1, 0.15) is 35.6 Å². The van der Waals surface area contributed by atoms with Crippen LogP contribution in [0.15, 0.2) is 0 Å². The van der Waals surface area contributed by atoms with E-state index in [4.69, 9.17) is 0 Å². The van der Waals surface area contributed by atoms with Gasteiger partial charge in [-0.25, -0.2) is 0 Å². The Hall–Kier alpha value is -0.0400. The summed E-state index contributed by atoms with van der Waals surface area (Å²) in [4.78, 5) is 0. The summed E-state index contributed by atoms with van der Waals surface area (Å²) in [5.74, 6) is 0.935. The van der Waals surface area contributed by atoms with Gasteiger partial charge >= 0.3 is 0 Å². The quantitative estimate of drug-likeness (QED) is 0.535. The normalized spacial score (nSPS) is 23.0. The third kappa shape index (κ3) is 5.84. The Morgan fingerprint density at radius 3 is 1.89 bits per heavy atom. The molecule has 1 aliphatic heterocycles. The minimum Gasteiger partial charge on any atom is -0.316 e. The number of rotatable bonds is 0. The van der Waals surface area contributed by atoms with Crippen LogP contribution in [-0.2, 0) is 0 Å². The van der Waals surface area contributed by atoms with E-state index >= 15 is 0 Å². The molecule has 1 saturated heterocycles. The largest absolute Gasteiger partial charge is 0.316 e. The summed E-state index contributed by atoms with van der Waals surface area (Å²) in [7, 11) is 0. The molecule has 0 aromatic heterocycles. The first kappa shape index (κ1) is 16.0. The zero-order valence-electron chi connectivity index (χ0n) is 4.20. The van der Waals surface area contributed by atoms with Crippen LogP contribution in [0.4, 0.5) is 0 Å². The molecule has 0 spiro atoms. The van der Waals surface area contributed by atoms with Gasteiger partial charge in [-0.2, -0.15) is 0 Å². The maximum atomic E-state index is 3.27. The molecule has 1 nitrogen and oxygen atoms in total. The highest BCUT2D eigenvalue weighted by atomic mass is 14.9. The van der Waals surface area contributed by atoms with Gasteiger partial charge in [0.1, 0.15) is 0 Å². The molecule has 0 unspecified atom stereocenters. The molecule has 1 heteroatoms. The molecule has 0 bridgehead atoms. The number of nitrogens with one attached hydrogen (secondary N) is 1. The predicted octanol–water partition coefficient (Wildman–Crippen LogP) is 2.52. The molecule has 1 fully saturated rings. The van der Waals surface area contributed by atoms with Crippen molar-refractivity contribution in [1.82, 2.24) is 5.32 Å². The lowest BCUT2D eigenvalue weighted by molar-refractivity contribution is 0.651. The molecule has 1 heterocycles. The monoisotopic (exact) mass is 133 g/mol. The van der Waals surface area contributed by atoms with E-state index in [2.05, 4.69) is 12.2 Å². The summed E-state index contributed by atoms with van der Waals surface area (Å²) >= 11 is 0. The Balaban J connectivity index is -0.000000120. The standard InChI is InChI=1S/C5H11N.3CH4/c1-5-2-3-6-4-5;;;/h5-6H,2-4H2,1H3;3*1H4/t5-;;;/m1.../s1. The van der Waals surface area contributed by atoms with Gasteiger partial charge in [-0.15, -0.1) is 0 Å². The maximum Gasteiger partial charge on any atom is -0.00227 e. The third-order valence-corrected chi connectivity index (χ3v) is 1.31. The van der Waals surface area contributed by atoms with Crippen LogP contribution < -0.4 is 5.32 Å². The summed E-state index contributed by atoms with van der Waals surface area (Å²) in [6.45, 7) is 4.75. The first-order valence-corrected chi connectivity index (χ1v) is 2.60. The van der Waals surface area contributed by atoms with Gasteiger partial charge in [0, 0.05) is 0 Å². The molecule has 0 aromatic rings. The fraction of sp³-hybridized carbons (Fsp3) is 1.00. The Labute approximate surface area is 60.9 Å². The molecule has 0 saturated carbocycles. The molecule has 1 atom stereocenters. The Bertz CT molecular complexity index is 37.8. The third-order valence-electron chi connectivity index (χ3n) is 1.31. The van der Waals surface area contributed by atoms with Gasteiger partial charge in [-0.1, -0.05) is 29.2 Å². The lowest BCUT2D eigenvalue weighted by Gasteiger charge is -1.90. The topological polar surface area (TPSA) is 12.0 Å². The van der Waals surface area contributed by atoms with Gasteiger partial charge in [0.25, 0.3) is 0 Å². The first-order valence-electron chi connectivity index (χ1n) is 2.60. The van der Waals surface area contributed by atoms with Crippen molar-refractivity contribution in [2.45, 2.75) is 35.6 Å². The fourth-order valence-corrected chi connectivity index (χ4v) is 0.799. The van der Waals surface area contributed by atoms with E-state index in [-0.39, 0.29) is 22.3 Å². The average Bonchev–Trinajstić information content (AvgIpc) is 1.86. The molecular formula is C8H23N. The van der Waals surface area contributed by atoms with E-state index in [0.717, 1.165) is 5.92 Å². The van der Waals surface area contributed by atoms with Crippen molar-refractivity contribution in [2.75, 3.05) is 13.1 Å². The average molecular weight is 133 g/mol. The molecule has 1 rings (SSSR count). The van der Waals surface area contributed by atoms with Crippen LogP contribution >= 0.6 is 0 Å². The van der Waals surface area contributed by atoms with Crippen molar-refractivity contribution >= 4 is 0 Å². The highest BCUT2D eigenvalue weighted by Crippen LogP contribution is 2.03. The van der Waals surface area contributed by atoms with Crippen LogP contribution in [0.25, 0.3) is 0 Å². The summed E-state index contributed by atoms with van der Waals surface area (Å²) in [5, 5.41) is 3.27. The van der Waals surface area contributed by atoms with E-state index in [0.29, 0.717) is 0 Å². The van der Waals surface area contributed by atoms with E-state index in [9.17, 15) is 0 Å². The lowest BCUT2D eigenvalue weighted by atomic mass is 10.2. The summed E-state index contributed by atoms with van der Waals surface area (Å²) in [6.07, 6.45) is 1.38. The summed E-state index contributed by atoms with van der Waals surface area (Å²) in [6, 6.07) is 0. The van der Waals surface area contributed by atoms with Gasteiger partial charge in [-0.05, 0) is 25.4 Å². The van der Waals surface area contributed by atoms with Gasteiger partial charge in [-0.3, -0.25) is 0 Å². The highest BCUT2D eigenvalue weighted by molar-refractivity contribution is 4.65. The molecule has 0 amide bonds. The molecule has 0 aromatic carbocycles. The molecule has 60 valence electrons. The van der Waals surface area contributed by atoms with Crippen molar-refractivity contribution in [1.29, 1.82) is 0 Å². The molecule has 1 aliphatic rings. The zero-order valence-corrected chi connectivity index (χ0v) is 4.20. The highest BCUT2D eigenvalue weighted by Gasteiger charge is 2.06. The van der Waals surface area contributed by atoms with Crippen LogP contribution in [0, 0.1) is 5.92 Å². The fourth-order valence-electron chi connectivity index (χ4n) is 0.799. The van der Waals surface area contributed by atoms with Gasteiger partial charge in [0.05, 0.1) is 0 Å². The molecule has 0 aliphatic carbocycles. The maximum absolute atomic E-state index is 3.27. The van der Waals surface area contributed by atoms with Gasteiger partial charge in [0.15, 0.2) is 0 Å². The Kier molecular flexibility index (Phi) is 14.1. The summed E-state index contributed by atoms with van der Waals surface area (Å²) in [5.41, 5.74) is 0. The van der Waals surface area contributed by atoms with E-state index in [1.165, 1.54) is 19.5 Å². The van der Waals surface area contributed by atoms with E-state index in [1.807, 2.05) is 0 Å². The molecule has 0 radical (unpaired) electrons. The minimum atomic E-state index is 0. The Morgan fingerprint density at radius 2 is 1.78 bits per heavy atom. The van der Waals surface area contributed by atoms with Crippen molar-refractivity contribution in [2.24, 2.45) is 5.92 Å². The Morgan fingerprint density at radius 1 is 1.22 bits per heavy atom. The van der Waals surface area contributed by atoms with Crippen molar-refractivity contribution in [3.8, 4) is 0 Å². The first-order chi connectivity index (χ1) is 2.89. The SMILES string of the molecule is C.C.C.C[C@@H]1CCNC1. The van der Waals surface area contributed by atoms with Gasteiger partial charge < -0.3 is 5.32 Å². The van der Waals surface area contributed by atoms with Crippen molar-refractivity contribution in [3.05, 3.63) is 0 Å². The van der Waals surface area contributed by atoms with Crippen molar-refractivity contribution in [3.63, 3.8) is 0 Å². The molecule has 9 heavy (non-hydrogen) atoms. The van der Waals surface area contributed by atoms with Crippen LogP contribution in [0.3, 0.4) is 0 Å². The molecule has 1 N–H and O–H groups in total. The predicted molar refractivity (Wildman–Crippen MR) is 46.8 cm³/mol. The molecular weight excluding hydrogens is 110 g/mol. The van der Waals surface area contributed by atoms with Crippen LogP contribution in [0.5, 0.6) is 0 Å². The number of hydrogen-bond donors (Lipinski definition) is 1. The van der Waals surface area contributed by atoms with Crippen LogP contribution in [-0.4, -0.2) is 13.1 Å². The van der Waals surface area contributed by atoms with E-state index < -0.39 is 0 Å². The van der Waals surface area contributed by atoms with E-state index in [1.54, 1.807) is 0 Å². The van der Waals surface area contributed by atoms with Crippen LogP contribution in [0.2, 0.25) is 0 Å². The zero-order chi connectivity index (χ0) is 4.41. The summed E-state index contributed by atoms with van der Waals surface area (Å²) < 4.78 is 0. The second-order valence-electron chi connectivity index (χ2n) is 2.10. The second-order valence-corrected chi connectivity index (χ2v) is 2.10. The smallest absolute Gasteiger partial charge is 0.00227 e.